The minimum Gasteiger partial charge on any atom is -0.351 e. The van der Waals surface area contributed by atoms with E-state index < -0.39 is 0 Å². The lowest BCUT2D eigenvalue weighted by molar-refractivity contribution is 0.0949. The third-order valence-corrected chi connectivity index (χ3v) is 3.29. The van der Waals surface area contributed by atoms with Crippen molar-refractivity contribution in [3.05, 3.63) is 5.69 Å². The number of nitrogens with zero attached hydrogens (tertiary/aromatic N) is 3. The molecule has 7 nitrogen and oxygen atoms in total. The van der Waals surface area contributed by atoms with Crippen molar-refractivity contribution >= 4 is 28.5 Å². The first-order chi connectivity index (χ1) is 9.56. The molecule has 0 radical (unpaired) electrons. The molecule has 20 heavy (non-hydrogen) atoms. The molecule has 2 N–H and O–H groups in total. The Balaban J connectivity index is 2.48. The Morgan fingerprint density at radius 2 is 2.00 bits per heavy atom. The number of hydrogen-bond donors (Lipinski definition) is 2. The van der Waals surface area contributed by atoms with Gasteiger partial charge in [0.15, 0.2) is 10.7 Å². The number of urea groups is 1. The third kappa shape index (κ3) is 5.12. The summed E-state index contributed by atoms with van der Waals surface area (Å²) in [6.45, 7) is 2.75. The maximum absolute atomic E-state index is 11.9. The van der Waals surface area contributed by atoms with Gasteiger partial charge in [-0.25, -0.2) is 4.79 Å². The van der Waals surface area contributed by atoms with Crippen LogP contribution in [0, 0.1) is 0 Å². The third-order valence-electron chi connectivity index (χ3n) is 2.65. The topological polar surface area (TPSA) is 87.2 Å². The molecule has 112 valence electrons. The molecule has 0 aliphatic rings. The van der Waals surface area contributed by atoms with Crippen molar-refractivity contribution in [2.75, 3.05) is 26.0 Å². The fourth-order valence-corrected chi connectivity index (χ4v) is 2.02. The Morgan fingerprint density at radius 3 is 2.65 bits per heavy atom. The minimum atomic E-state index is -0.312. The number of nitrogens with one attached hydrogen (secondary N) is 2. The van der Waals surface area contributed by atoms with E-state index in [1.54, 1.807) is 14.1 Å². The molecule has 0 saturated carbocycles. The summed E-state index contributed by atoms with van der Waals surface area (Å²) in [6.07, 6.45) is 4.36. The standard InChI is InChI=1S/C12H21N5O2S/c1-4-5-6-7-8-13-10(18)9-11(20-16-15-9)14-12(19)17(2)3/h4-8H2,1-3H3,(H,13,18)(H,14,19). The lowest BCUT2D eigenvalue weighted by Gasteiger charge is -2.10. The van der Waals surface area contributed by atoms with Crippen LogP contribution in [0.3, 0.4) is 0 Å². The van der Waals surface area contributed by atoms with Crippen LogP contribution in [-0.4, -0.2) is 47.1 Å². The molecule has 3 amide bonds. The van der Waals surface area contributed by atoms with Crippen molar-refractivity contribution in [1.29, 1.82) is 0 Å². The zero-order valence-electron chi connectivity index (χ0n) is 12.1. The van der Waals surface area contributed by atoms with Crippen molar-refractivity contribution in [2.45, 2.75) is 32.6 Å². The Kier molecular flexibility index (Phi) is 6.92. The molecular weight excluding hydrogens is 278 g/mol. The molecule has 1 rings (SSSR count). The number of hydrogen-bond acceptors (Lipinski definition) is 5. The van der Waals surface area contributed by atoms with E-state index in [9.17, 15) is 9.59 Å². The maximum Gasteiger partial charge on any atom is 0.322 e. The molecule has 1 heterocycles. The van der Waals surface area contributed by atoms with E-state index in [2.05, 4.69) is 27.1 Å². The lowest BCUT2D eigenvalue weighted by Crippen LogP contribution is -2.29. The van der Waals surface area contributed by atoms with E-state index in [-0.39, 0.29) is 17.6 Å². The average Bonchev–Trinajstić information content (AvgIpc) is 2.86. The van der Waals surface area contributed by atoms with E-state index in [4.69, 9.17) is 0 Å². The SMILES string of the molecule is CCCCCCNC(=O)c1nnsc1NC(=O)N(C)C. The van der Waals surface area contributed by atoms with E-state index >= 15 is 0 Å². The van der Waals surface area contributed by atoms with Gasteiger partial charge in [0.25, 0.3) is 5.91 Å². The molecule has 0 bridgehead atoms. The summed E-state index contributed by atoms with van der Waals surface area (Å²) in [6, 6.07) is -0.312. The summed E-state index contributed by atoms with van der Waals surface area (Å²) in [5, 5.41) is 9.53. The zero-order valence-corrected chi connectivity index (χ0v) is 12.9. The first kappa shape index (κ1) is 16.4. The van der Waals surface area contributed by atoms with Crippen molar-refractivity contribution < 1.29 is 9.59 Å². The van der Waals surface area contributed by atoms with Crippen LogP contribution in [-0.2, 0) is 0 Å². The number of amides is 3. The second kappa shape index (κ2) is 8.47. The van der Waals surface area contributed by atoms with Gasteiger partial charge in [-0.3, -0.25) is 10.1 Å². The highest BCUT2D eigenvalue weighted by Crippen LogP contribution is 2.17. The lowest BCUT2D eigenvalue weighted by atomic mass is 10.2. The Bertz CT molecular complexity index is 447. The van der Waals surface area contributed by atoms with E-state index in [1.165, 1.54) is 4.90 Å². The fraction of sp³-hybridized carbons (Fsp3) is 0.667. The van der Waals surface area contributed by atoms with Crippen molar-refractivity contribution in [3.63, 3.8) is 0 Å². The van der Waals surface area contributed by atoms with Gasteiger partial charge in [-0.1, -0.05) is 30.7 Å². The molecule has 1 aromatic heterocycles. The number of rotatable bonds is 7. The first-order valence-corrected chi connectivity index (χ1v) is 7.42. The molecule has 0 unspecified atom stereocenters. The largest absolute Gasteiger partial charge is 0.351 e. The summed E-state index contributed by atoms with van der Waals surface area (Å²) in [5.41, 5.74) is 0.167. The average molecular weight is 299 g/mol. The molecule has 0 spiro atoms. The molecule has 0 aromatic carbocycles. The first-order valence-electron chi connectivity index (χ1n) is 6.65. The molecule has 0 saturated heterocycles. The Labute approximate surface area is 122 Å². The van der Waals surface area contributed by atoms with Gasteiger partial charge in [0.05, 0.1) is 0 Å². The van der Waals surface area contributed by atoms with Crippen LogP contribution in [0.1, 0.15) is 43.1 Å². The number of anilines is 1. The second-order valence-electron chi connectivity index (χ2n) is 4.59. The second-order valence-corrected chi connectivity index (χ2v) is 5.35. The minimum absolute atomic E-state index is 0.167. The number of unbranched alkanes of at least 4 members (excludes halogenated alkanes) is 3. The number of aromatic nitrogens is 2. The zero-order chi connectivity index (χ0) is 15.0. The van der Waals surface area contributed by atoms with Gasteiger partial charge in [-0.2, -0.15) is 0 Å². The van der Waals surface area contributed by atoms with Crippen LogP contribution in [0.5, 0.6) is 0 Å². The van der Waals surface area contributed by atoms with Gasteiger partial charge >= 0.3 is 6.03 Å². The number of carbonyl (C=O) groups excluding carboxylic acids is 2. The van der Waals surface area contributed by atoms with Crippen molar-refractivity contribution in [3.8, 4) is 0 Å². The van der Waals surface area contributed by atoms with Crippen LogP contribution in [0.25, 0.3) is 0 Å². The van der Waals surface area contributed by atoms with Crippen molar-refractivity contribution in [2.24, 2.45) is 0 Å². The van der Waals surface area contributed by atoms with E-state index in [0.29, 0.717) is 11.5 Å². The number of carbonyl (C=O) groups is 2. The van der Waals surface area contributed by atoms with Crippen LogP contribution in [0.4, 0.5) is 9.80 Å². The highest BCUT2D eigenvalue weighted by atomic mass is 32.1. The summed E-state index contributed by atoms with van der Waals surface area (Å²) in [5.74, 6) is -0.302. The summed E-state index contributed by atoms with van der Waals surface area (Å²) >= 11 is 0.990. The summed E-state index contributed by atoms with van der Waals surface area (Å²) in [4.78, 5) is 24.9. The molecule has 0 fully saturated rings. The molecule has 1 aromatic rings. The fourth-order valence-electron chi connectivity index (χ4n) is 1.47. The van der Waals surface area contributed by atoms with Crippen LogP contribution >= 0.6 is 11.5 Å². The quantitative estimate of drug-likeness (QED) is 0.753. The Hall–Kier alpha value is -1.70. The van der Waals surface area contributed by atoms with Gasteiger partial charge in [-0.15, -0.1) is 5.10 Å². The van der Waals surface area contributed by atoms with Crippen LogP contribution < -0.4 is 10.6 Å². The monoisotopic (exact) mass is 299 g/mol. The van der Waals surface area contributed by atoms with Gasteiger partial charge in [0.1, 0.15) is 0 Å². The predicted octanol–water partition coefficient (Wildman–Crippen LogP) is 1.94. The highest BCUT2D eigenvalue weighted by molar-refractivity contribution is 7.10. The molecular formula is C12H21N5O2S. The smallest absolute Gasteiger partial charge is 0.322 e. The van der Waals surface area contributed by atoms with Gasteiger partial charge in [0, 0.05) is 32.2 Å². The van der Waals surface area contributed by atoms with Crippen LogP contribution in [0.2, 0.25) is 0 Å². The van der Waals surface area contributed by atoms with E-state index in [1.807, 2.05) is 0 Å². The van der Waals surface area contributed by atoms with Gasteiger partial charge in [0.2, 0.25) is 0 Å². The van der Waals surface area contributed by atoms with E-state index in [0.717, 1.165) is 37.2 Å². The van der Waals surface area contributed by atoms with Crippen molar-refractivity contribution in [1.82, 2.24) is 19.8 Å². The van der Waals surface area contributed by atoms with Gasteiger partial charge < -0.3 is 10.2 Å². The predicted molar refractivity (Wildman–Crippen MR) is 79.1 cm³/mol. The summed E-state index contributed by atoms with van der Waals surface area (Å²) in [7, 11) is 3.24. The molecule has 0 atom stereocenters. The molecule has 0 aliphatic carbocycles. The summed E-state index contributed by atoms with van der Waals surface area (Å²) < 4.78 is 3.71. The van der Waals surface area contributed by atoms with Gasteiger partial charge in [-0.05, 0) is 6.42 Å². The maximum atomic E-state index is 11.9. The van der Waals surface area contributed by atoms with Crippen LogP contribution in [0.15, 0.2) is 0 Å². The normalized spacial score (nSPS) is 10.2. The molecule has 0 aliphatic heterocycles. The Morgan fingerprint density at radius 1 is 1.25 bits per heavy atom. The molecule has 8 heteroatoms. The highest BCUT2D eigenvalue weighted by Gasteiger charge is 2.18.